The van der Waals surface area contributed by atoms with Crippen molar-refractivity contribution in [3.05, 3.63) is 83.9 Å². The molecule has 4 heteroatoms. The Bertz CT molecular complexity index is 942. The second-order valence-electron chi connectivity index (χ2n) is 8.33. The van der Waals surface area contributed by atoms with Crippen molar-refractivity contribution in [1.82, 2.24) is 5.32 Å². The third-order valence-electron chi connectivity index (χ3n) is 4.89. The van der Waals surface area contributed by atoms with Crippen LogP contribution in [0.25, 0.3) is 10.8 Å². The van der Waals surface area contributed by atoms with E-state index in [1.54, 1.807) is 0 Å². The number of aliphatic hydroxyl groups excluding tert-OH is 1. The molecule has 0 fully saturated rings. The SMILES string of the molecule is CC(C)(C)NC(=O)OCCC(c1ccccc1)C(O)c1cccc2ccccc12. The smallest absolute Gasteiger partial charge is 0.407 e. The zero-order valence-corrected chi connectivity index (χ0v) is 17.3. The van der Waals surface area contributed by atoms with Crippen LogP contribution in [0.3, 0.4) is 0 Å². The van der Waals surface area contributed by atoms with E-state index in [2.05, 4.69) is 5.32 Å². The quantitative estimate of drug-likeness (QED) is 0.577. The fraction of sp³-hybridized carbons (Fsp3) is 0.320. The van der Waals surface area contributed by atoms with Crippen LogP contribution in [-0.2, 0) is 4.74 Å². The maximum absolute atomic E-state index is 12.0. The number of amides is 1. The van der Waals surface area contributed by atoms with Crippen LogP contribution in [0.2, 0.25) is 0 Å². The molecular formula is C25H29NO3. The third kappa shape index (κ3) is 5.58. The summed E-state index contributed by atoms with van der Waals surface area (Å²) in [5.41, 5.74) is 1.56. The maximum atomic E-state index is 12.0. The number of aliphatic hydroxyl groups is 1. The molecule has 0 aliphatic heterocycles. The first-order valence-corrected chi connectivity index (χ1v) is 10.0. The molecule has 3 aromatic carbocycles. The predicted molar refractivity (Wildman–Crippen MR) is 117 cm³/mol. The summed E-state index contributed by atoms with van der Waals surface area (Å²) in [6, 6.07) is 23.9. The van der Waals surface area contributed by atoms with Gasteiger partial charge in [-0.25, -0.2) is 4.79 Å². The van der Waals surface area contributed by atoms with E-state index in [4.69, 9.17) is 4.74 Å². The van der Waals surface area contributed by atoms with E-state index in [1.807, 2.05) is 93.6 Å². The summed E-state index contributed by atoms with van der Waals surface area (Å²) < 4.78 is 5.38. The number of carbonyl (C=O) groups excluding carboxylic acids is 1. The van der Waals surface area contributed by atoms with Gasteiger partial charge in [-0.15, -0.1) is 0 Å². The zero-order chi connectivity index (χ0) is 20.9. The molecule has 0 radical (unpaired) electrons. The van der Waals surface area contributed by atoms with Crippen LogP contribution in [0.4, 0.5) is 4.79 Å². The number of hydrogen-bond acceptors (Lipinski definition) is 3. The van der Waals surface area contributed by atoms with Gasteiger partial charge in [0.1, 0.15) is 0 Å². The van der Waals surface area contributed by atoms with E-state index < -0.39 is 12.2 Å². The normalized spacial score (nSPS) is 13.7. The summed E-state index contributed by atoms with van der Waals surface area (Å²) in [6.45, 7) is 5.95. The molecular weight excluding hydrogens is 362 g/mol. The lowest BCUT2D eigenvalue weighted by Gasteiger charge is -2.25. The Morgan fingerprint density at radius 1 is 0.966 bits per heavy atom. The summed E-state index contributed by atoms with van der Waals surface area (Å²) in [5, 5.41) is 16.3. The topological polar surface area (TPSA) is 58.6 Å². The molecule has 0 heterocycles. The van der Waals surface area contributed by atoms with Gasteiger partial charge in [0.2, 0.25) is 0 Å². The van der Waals surface area contributed by atoms with E-state index in [1.165, 1.54) is 0 Å². The van der Waals surface area contributed by atoms with E-state index >= 15 is 0 Å². The van der Waals surface area contributed by atoms with Crippen LogP contribution in [-0.4, -0.2) is 23.3 Å². The second kappa shape index (κ2) is 9.10. The molecule has 0 bridgehead atoms. The average molecular weight is 392 g/mol. The molecule has 1 amide bonds. The van der Waals surface area contributed by atoms with Crippen molar-refractivity contribution in [2.75, 3.05) is 6.61 Å². The number of nitrogens with one attached hydrogen (secondary N) is 1. The molecule has 0 saturated carbocycles. The Morgan fingerprint density at radius 3 is 2.34 bits per heavy atom. The molecule has 2 unspecified atom stereocenters. The van der Waals surface area contributed by atoms with Crippen molar-refractivity contribution in [3.8, 4) is 0 Å². The van der Waals surface area contributed by atoms with Crippen molar-refractivity contribution in [2.24, 2.45) is 0 Å². The second-order valence-corrected chi connectivity index (χ2v) is 8.33. The molecule has 2 N–H and O–H groups in total. The molecule has 152 valence electrons. The van der Waals surface area contributed by atoms with Gasteiger partial charge >= 0.3 is 6.09 Å². The van der Waals surface area contributed by atoms with Crippen LogP contribution < -0.4 is 5.32 Å². The number of alkyl carbamates (subject to hydrolysis) is 1. The van der Waals surface area contributed by atoms with Crippen LogP contribution in [0.15, 0.2) is 72.8 Å². The number of carbonyl (C=O) groups is 1. The van der Waals surface area contributed by atoms with E-state index in [0.29, 0.717) is 6.42 Å². The van der Waals surface area contributed by atoms with Gasteiger partial charge < -0.3 is 15.2 Å². The first-order valence-electron chi connectivity index (χ1n) is 10.0. The molecule has 0 saturated heterocycles. The summed E-state index contributed by atoms with van der Waals surface area (Å²) in [5.74, 6) is -0.190. The highest BCUT2D eigenvalue weighted by Gasteiger charge is 2.25. The average Bonchev–Trinajstić information content (AvgIpc) is 2.69. The Balaban J connectivity index is 1.81. The van der Waals surface area contributed by atoms with E-state index in [9.17, 15) is 9.90 Å². The fourth-order valence-electron chi connectivity index (χ4n) is 3.55. The van der Waals surface area contributed by atoms with Crippen LogP contribution in [0.5, 0.6) is 0 Å². The number of hydrogen-bond donors (Lipinski definition) is 2. The van der Waals surface area contributed by atoms with E-state index in [0.717, 1.165) is 21.9 Å². The highest BCUT2D eigenvalue weighted by atomic mass is 16.5. The summed E-state index contributed by atoms with van der Waals surface area (Å²) in [7, 11) is 0. The highest BCUT2D eigenvalue weighted by molar-refractivity contribution is 5.86. The van der Waals surface area contributed by atoms with Gasteiger partial charge in [-0.3, -0.25) is 0 Å². The third-order valence-corrected chi connectivity index (χ3v) is 4.89. The van der Waals surface area contributed by atoms with Gasteiger partial charge in [0.15, 0.2) is 0 Å². The fourth-order valence-corrected chi connectivity index (χ4v) is 3.55. The molecule has 0 aromatic heterocycles. The lowest BCUT2D eigenvalue weighted by molar-refractivity contribution is 0.106. The van der Waals surface area contributed by atoms with Gasteiger partial charge in [0, 0.05) is 11.5 Å². The van der Waals surface area contributed by atoms with Gasteiger partial charge in [-0.1, -0.05) is 72.8 Å². The number of rotatable bonds is 6. The van der Waals surface area contributed by atoms with Gasteiger partial charge in [-0.2, -0.15) is 0 Å². The lowest BCUT2D eigenvalue weighted by Crippen LogP contribution is -2.41. The maximum Gasteiger partial charge on any atom is 0.407 e. The van der Waals surface area contributed by atoms with Crippen molar-refractivity contribution in [2.45, 2.75) is 44.8 Å². The Morgan fingerprint density at radius 2 is 1.62 bits per heavy atom. The number of benzene rings is 3. The lowest BCUT2D eigenvalue weighted by atomic mass is 9.85. The van der Waals surface area contributed by atoms with Crippen LogP contribution in [0, 0.1) is 0 Å². The first kappa shape index (κ1) is 20.9. The molecule has 0 spiro atoms. The Hall–Kier alpha value is -2.85. The number of ether oxygens (including phenoxy) is 1. The molecule has 0 aliphatic rings. The summed E-state index contributed by atoms with van der Waals surface area (Å²) >= 11 is 0. The van der Waals surface area contributed by atoms with E-state index in [-0.39, 0.29) is 18.1 Å². The summed E-state index contributed by atoms with van der Waals surface area (Å²) in [6.07, 6.45) is -0.631. The molecule has 3 rings (SSSR count). The zero-order valence-electron chi connectivity index (χ0n) is 17.3. The summed E-state index contributed by atoms with van der Waals surface area (Å²) in [4.78, 5) is 12.0. The first-order chi connectivity index (χ1) is 13.8. The minimum Gasteiger partial charge on any atom is -0.450 e. The largest absolute Gasteiger partial charge is 0.450 e. The molecule has 29 heavy (non-hydrogen) atoms. The van der Waals surface area contributed by atoms with Crippen molar-refractivity contribution >= 4 is 16.9 Å². The van der Waals surface area contributed by atoms with Gasteiger partial charge in [-0.05, 0) is 49.1 Å². The van der Waals surface area contributed by atoms with Gasteiger partial charge in [0.05, 0.1) is 12.7 Å². The van der Waals surface area contributed by atoms with Crippen molar-refractivity contribution < 1.29 is 14.6 Å². The highest BCUT2D eigenvalue weighted by Crippen LogP contribution is 2.36. The Kier molecular flexibility index (Phi) is 6.55. The predicted octanol–water partition coefficient (Wildman–Crippen LogP) is 5.57. The monoisotopic (exact) mass is 391 g/mol. The minimum absolute atomic E-state index is 0.190. The molecule has 4 nitrogen and oxygen atoms in total. The number of fused-ring (bicyclic) bond motifs is 1. The molecule has 0 aliphatic carbocycles. The molecule has 3 aromatic rings. The Labute approximate surface area is 172 Å². The standard InChI is InChI=1S/C25H29NO3/c1-25(2,3)26-24(28)29-17-16-21(19-10-5-4-6-11-19)23(27)22-15-9-13-18-12-7-8-14-20(18)22/h4-15,21,23,27H,16-17H2,1-3H3,(H,26,28). The van der Waals surface area contributed by atoms with Gasteiger partial charge in [0.25, 0.3) is 0 Å². The van der Waals surface area contributed by atoms with Crippen molar-refractivity contribution in [1.29, 1.82) is 0 Å². The minimum atomic E-state index is -0.710. The van der Waals surface area contributed by atoms with Crippen molar-refractivity contribution in [3.63, 3.8) is 0 Å². The van der Waals surface area contributed by atoms with Crippen LogP contribution in [0.1, 0.15) is 50.3 Å². The molecule has 2 atom stereocenters. The van der Waals surface area contributed by atoms with Crippen LogP contribution >= 0.6 is 0 Å².